The molecule has 0 saturated heterocycles. The molecular weight excluding hydrogens is 355 g/mol. The number of hydrogen-bond acceptors (Lipinski definition) is 0. The van der Waals surface area contributed by atoms with Crippen molar-refractivity contribution < 1.29 is 0 Å². The van der Waals surface area contributed by atoms with E-state index >= 15 is 0 Å². The van der Waals surface area contributed by atoms with Crippen LogP contribution in [0.25, 0.3) is 0 Å². The molecule has 0 nitrogen and oxygen atoms in total. The Balaban J connectivity index is 2.57. The van der Waals surface area contributed by atoms with Gasteiger partial charge in [-0.2, -0.15) is 0 Å². The van der Waals surface area contributed by atoms with Crippen molar-refractivity contribution in [3.05, 3.63) is 8.07 Å². The third-order valence-electron chi connectivity index (χ3n) is 5.10. The first-order valence-corrected chi connectivity index (χ1v) is 16.8. The van der Waals surface area contributed by atoms with Crippen molar-refractivity contribution in [1.29, 1.82) is 0 Å². The maximum absolute atomic E-state index is 3.96. The molecule has 0 aromatic rings. The van der Waals surface area contributed by atoms with Gasteiger partial charge in [-0.1, -0.05) is 0 Å². The van der Waals surface area contributed by atoms with Gasteiger partial charge in [0.2, 0.25) is 0 Å². The molecule has 1 fully saturated rings. The molecular formula is C13H23BrSn. The Kier molecular flexibility index (Phi) is 2.72. The van der Waals surface area contributed by atoms with Gasteiger partial charge in [0, 0.05) is 0 Å². The Bertz CT molecular complexity index is 335. The van der Waals surface area contributed by atoms with Crippen molar-refractivity contribution in [3.8, 4) is 0 Å². The molecule has 2 atom stereocenters. The van der Waals surface area contributed by atoms with Crippen molar-refractivity contribution >= 4 is 34.3 Å². The quantitative estimate of drug-likeness (QED) is 0.566. The monoisotopic (exact) mass is 378 g/mol. The van der Waals surface area contributed by atoms with E-state index in [-0.39, 0.29) is 0 Å². The van der Waals surface area contributed by atoms with E-state index in [2.05, 4.69) is 51.5 Å². The van der Waals surface area contributed by atoms with Gasteiger partial charge in [0.05, 0.1) is 0 Å². The number of rotatable bonds is 1. The molecule has 2 heteroatoms. The van der Waals surface area contributed by atoms with Crippen molar-refractivity contribution in [3.63, 3.8) is 0 Å². The fourth-order valence-corrected chi connectivity index (χ4v) is 15.8. The SMILES string of the molecule is CC1(C)[C@@H]2CC[C@@]1(C)C(Br)=[C]2[Sn]([CH3])([CH3])[CH3]. The third-order valence-corrected chi connectivity index (χ3v) is 13.8. The molecule has 2 bridgehead atoms. The van der Waals surface area contributed by atoms with Gasteiger partial charge in [-0.3, -0.25) is 0 Å². The predicted octanol–water partition coefficient (Wildman–Crippen LogP) is 4.97. The van der Waals surface area contributed by atoms with Gasteiger partial charge in [-0.25, -0.2) is 0 Å². The molecule has 2 rings (SSSR count). The molecule has 0 N–H and O–H groups in total. The summed E-state index contributed by atoms with van der Waals surface area (Å²) in [6.45, 7) is 7.44. The Hall–Kier alpha value is 1.02. The molecule has 0 aromatic carbocycles. The van der Waals surface area contributed by atoms with E-state index in [1.165, 1.54) is 12.8 Å². The topological polar surface area (TPSA) is 0 Å². The summed E-state index contributed by atoms with van der Waals surface area (Å²) in [6, 6.07) is 0. The first kappa shape index (κ1) is 12.5. The summed E-state index contributed by atoms with van der Waals surface area (Å²) in [7, 11) is 0. The average molecular weight is 378 g/mol. The minimum absolute atomic E-state index is 0.442. The molecule has 2 aliphatic rings. The van der Waals surface area contributed by atoms with E-state index in [1.807, 2.05) is 3.59 Å². The van der Waals surface area contributed by atoms with E-state index in [0.717, 1.165) is 5.92 Å². The van der Waals surface area contributed by atoms with Crippen LogP contribution in [0, 0.1) is 16.7 Å². The van der Waals surface area contributed by atoms with Gasteiger partial charge in [0.25, 0.3) is 0 Å². The van der Waals surface area contributed by atoms with E-state index in [1.54, 1.807) is 4.48 Å². The molecule has 86 valence electrons. The van der Waals surface area contributed by atoms with E-state index in [0.29, 0.717) is 10.8 Å². The predicted molar refractivity (Wildman–Crippen MR) is 73.9 cm³/mol. The van der Waals surface area contributed by atoms with Gasteiger partial charge in [0.15, 0.2) is 0 Å². The molecule has 0 unspecified atom stereocenters. The van der Waals surface area contributed by atoms with Gasteiger partial charge >= 0.3 is 108 Å². The first-order valence-electron chi connectivity index (χ1n) is 6.03. The summed E-state index contributed by atoms with van der Waals surface area (Å²) in [5, 5.41) is 0. The van der Waals surface area contributed by atoms with Crippen LogP contribution in [-0.4, -0.2) is 18.4 Å². The zero-order valence-electron chi connectivity index (χ0n) is 10.9. The summed E-state index contributed by atoms with van der Waals surface area (Å²) in [6.07, 6.45) is 2.82. The van der Waals surface area contributed by atoms with E-state index in [4.69, 9.17) is 0 Å². The van der Waals surface area contributed by atoms with Gasteiger partial charge in [-0.15, -0.1) is 0 Å². The van der Waals surface area contributed by atoms with Crippen molar-refractivity contribution in [2.24, 2.45) is 16.7 Å². The molecule has 0 radical (unpaired) electrons. The second kappa shape index (κ2) is 3.28. The van der Waals surface area contributed by atoms with E-state index < -0.39 is 18.4 Å². The zero-order chi connectivity index (χ0) is 11.6. The van der Waals surface area contributed by atoms with Crippen molar-refractivity contribution in [2.45, 2.75) is 48.4 Å². The van der Waals surface area contributed by atoms with Crippen molar-refractivity contribution in [1.82, 2.24) is 0 Å². The normalized spacial score (nSPS) is 39.0. The van der Waals surface area contributed by atoms with Crippen LogP contribution < -0.4 is 0 Å². The molecule has 0 heterocycles. The molecule has 2 aliphatic carbocycles. The Morgan fingerprint density at radius 3 is 2.00 bits per heavy atom. The average Bonchev–Trinajstić information content (AvgIpc) is 2.33. The van der Waals surface area contributed by atoms with Crippen LogP contribution in [-0.2, 0) is 0 Å². The van der Waals surface area contributed by atoms with E-state index in [9.17, 15) is 0 Å². The number of allylic oxidation sites excluding steroid dienone is 2. The molecule has 0 aromatic heterocycles. The number of hydrogen-bond donors (Lipinski definition) is 0. The van der Waals surface area contributed by atoms with Crippen molar-refractivity contribution in [2.75, 3.05) is 0 Å². The molecule has 1 saturated carbocycles. The Labute approximate surface area is 107 Å². The minimum atomic E-state index is -1.89. The van der Waals surface area contributed by atoms with Crippen LogP contribution in [0.4, 0.5) is 0 Å². The van der Waals surface area contributed by atoms with Crippen LogP contribution in [0.5, 0.6) is 0 Å². The van der Waals surface area contributed by atoms with Crippen LogP contribution in [0.3, 0.4) is 0 Å². The summed E-state index contributed by atoms with van der Waals surface area (Å²) in [5.41, 5.74) is 0.933. The zero-order valence-corrected chi connectivity index (χ0v) is 15.3. The molecule has 0 amide bonds. The summed E-state index contributed by atoms with van der Waals surface area (Å²) < 4.78 is 3.50. The summed E-state index contributed by atoms with van der Waals surface area (Å²) in [4.78, 5) is 7.68. The molecule has 0 aliphatic heterocycles. The summed E-state index contributed by atoms with van der Waals surface area (Å²) in [5.74, 6) is 0.882. The number of halogens is 1. The third kappa shape index (κ3) is 1.44. The first-order chi connectivity index (χ1) is 6.62. The van der Waals surface area contributed by atoms with Gasteiger partial charge in [0.1, 0.15) is 0 Å². The van der Waals surface area contributed by atoms with Crippen LogP contribution in [0.2, 0.25) is 14.8 Å². The van der Waals surface area contributed by atoms with Gasteiger partial charge < -0.3 is 0 Å². The van der Waals surface area contributed by atoms with Crippen LogP contribution in [0.1, 0.15) is 33.6 Å². The summed E-state index contributed by atoms with van der Waals surface area (Å²) >= 11 is 2.07. The van der Waals surface area contributed by atoms with Crippen LogP contribution >= 0.6 is 15.9 Å². The Morgan fingerprint density at radius 1 is 1.20 bits per heavy atom. The molecule has 0 spiro atoms. The standard InChI is InChI=1S/C10H14Br.3CH3.Sn/c1-9(2)7-4-5-10(9,3)8(11)6-7;;;;/h7H,4-5H2,1-3H3;3*1H3;/t7-,10+;;;;/m1..../s1. The molecule has 15 heavy (non-hydrogen) atoms. The number of fused-ring (bicyclic) bond motifs is 2. The second-order valence-electron chi connectivity index (χ2n) is 7.12. The second-order valence-corrected chi connectivity index (χ2v) is 22.3. The fourth-order valence-electron chi connectivity index (χ4n) is 3.70. The maximum atomic E-state index is 3.96. The van der Waals surface area contributed by atoms with Gasteiger partial charge in [-0.05, 0) is 0 Å². The van der Waals surface area contributed by atoms with Crippen LogP contribution in [0.15, 0.2) is 8.07 Å². The fraction of sp³-hybridized carbons (Fsp3) is 0.846. The Morgan fingerprint density at radius 2 is 1.73 bits per heavy atom.